The average Bonchev–Trinajstić information content (AvgIpc) is 2.77. The Morgan fingerprint density at radius 1 is 0.882 bits per heavy atom. The van der Waals surface area contributed by atoms with Gasteiger partial charge in [0.25, 0.3) is 0 Å². The molecule has 0 aliphatic carbocycles. The molecule has 0 aromatic heterocycles. The van der Waals surface area contributed by atoms with Gasteiger partial charge >= 0.3 is 6.11 Å². The number of ether oxygens (including phenoxy) is 2. The van der Waals surface area contributed by atoms with E-state index in [0.29, 0.717) is 23.7 Å². The normalized spacial score (nSPS) is 18.7. The van der Waals surface area contributed by atoms with Gasteiger partial charge in [-0.2, -0.15) is 8.78 Å². The first-order valence-corrected chi connectivity index (χ1v) is 11.2. The van der Waals surface area contributed by atoms with E-state index in [0.717, 1.165) is 24.5 Å². The Hall–Kier alpha value is -2.57. The second kappa shape index (κ2) is 9.59. The highest BCUT2D eigenvalue weighted by atomic mass is 31.0. The highest BCUT2D eigenvalue weighted by Crippen LogP contribution is 2.36. The molecule has 0 radical (unpaired) electrons. The molecule has 0 saturated carbocycles. The van der Waals surface area contributed by atoms with Crippen LogP contribution < -0.4 is 10.0 Å². The van der Waals surface area contributed by atoms with Gasteiger partial charge in [-0.3, -0.25) is 0 Å². The van der Waals surface area contributed by atoms with Gasteiger partial charge in [-0.15, -0.1) is 9.24 Å². The van der Waals surface area contributed by atoms with Crippen molar-refractivity contribution in [2.45, 2.75) is 32.0 Å². The van der Waals surface area contributed by atoms with Crippen molar-refractivity contribution in [3.63, 3.8) is 0 Å². The van der Waals surface area contributed by atoms with Crippen LogP contribution in [-0.4, -0.2) is 6.61 Å². The van der Waals surface area contributed by atoms with Gasteiger partial charge < -0.3 is 9.47 Å². The molecular formula is C25H21F6O2P. The molecule has 0 bridgehead atoms. The van der Waals surface area contributed by atoms with E-state index >= 15 is 0 Å². The minimum atomic E-state index is -4.28. The molecule has 1 aliphatic heterocycles. The van der Waals surface area contributed by atoms with Gasteiger partial charge in [0.05, 0.1) is 6.10 Å². The van der Waals surface area contributed by atoms with Crippen molar-refractivity contribution in [2.24, 2.45) is 5.92 Å². The third-order valence-electron chi connectivity index (χ3n) is 5.73. The molecule has 1 saturated heterocycles. The Morgan fingerprint density at radius 3 is 2.09 bits per heavy atom. The Bertz CT molecular complexity index is 1140. The van der Waals surface area contributed by atoms with Crippen molar-refractivity contribution in [3.8, 4) is 16.9 Å². The maximum atomic E-state index is 14.8. The topological polar surface area (TPSA) is 18.5 Å². The predicted molar refractivity (Wildman–Crippen MR) is 119 cm³/mol. The molecule has 0 spiro atoms. The number of alkyl halides is 2. The minimum absolute atomic E-state index is 0.0152. The van der Waals surface area contributed by atoms with Crippen LogP contribution in [0.4, 0.5) is 26.3 Å². The zero-order valence-electron chi connectivity index (χ0n) is 18.1. The molecule has 3 aromatic carbocycles. The number of hydrogen-bond donors (Lipinski definition) is 0. The highest BCUT2D eigenvalue weighted by molar-refractivity contribution is 7.27. The van der Waals surface area contributed by atoms with Crippen molar-refractivity contribution in [3.05, 3.63) is 82.9 Å². The fourth-order valence-corrected chi connectivity index (χ4v) is 4.41. The number of benzene rings is 3. The largest absolute Gasteiger partial charge is 0.430 e. The van der Waals surface area contributed by atoms with E-state index < -0.39 is 40.7 Å². The monoisotopic (exact) mass is 498 g/mol. The maximum absolute atomic E-state index is 14.8. The summed E-state index contributed by atoms with van der Waals surface area (Å²) in [7, 11) is 2.01. The summed E-state index contributed by atoms with van der Waals surface area (Å²) in [5, 5.41) is -0.211. The lowest BCUT2D eigenvalue weighted by Crippen LogP contribution is -2.29. The molecule has 9 heteroatoms. The smallest absolute Gasteiger partial charge is 0.429 e. The molecule has 34 heavy (non-hydrogen) atoms. The van der Waals surface area contributed by atoms with Crippen LogP contribution >= 0.6 is 9.24 Å². The van der Waals surface area contributed by atoms with Crippen LogP contribution in [0.3, 0.4) is 0 Å². The highest BCUT2D eigenvalue weighted by Gasteiger charge is 2.40. The van der Waals surface area contributed by atoms with Gasteiger partial charge in [-0.05, 0) is 52.9 Å². The quantitative estimate of drug-likeness (QED) is 0.214. The molecular weight excluding hydrogens is 477 g/mol. The first kappa shape index (κ1) is 24.6. The van der Waals surface area contributed by atoms with Crippen molar-refractivity contribution < 1.29 is 35.8 Å². The van der Waals surface area contributed by atoms with Gasteiger partial charge in [-0.1, -0.05) is 31.2 Å². The average molecular weight is 498 g/mol. The van der Waals surface area contributed by atoms with Crippen LogP contribution in [-0.2, 0) is 10.8 Å². The first-order chi connectivity index (χ1) is 16.0. The predicted octanol–water partition coefficient (Wildman–Crippen LogP) is 7.03. The van der Waals surface area contributed by atoms with Gasteiger partial charge in [0.2, 0.25) is 0 Å². The van der Waals surface area contributed by atoms with Crippen molar-refractivity contribution in [1.82, 2.24) is 0 Å². The molecule has 1 heterocycles. The Kier molecular flexibility index (Phi) is 6.92. The van der Waals surface area contributed by atoms with Crippen LogP contribution in [0.25, 0.3) is 11.1 Å². The zero-order valence-corrected chi connectivity index (χ0v) is 19.2. The Morgan fingerprint density at radius 2 is 1.53 bits per heavy atom. The number of halogens is 6. The van der Waals surface area contributed by atoms with E-state index in [2.05, 4.69) is 11.7 Å². The third-order valence-corrected chi connectivity index (χ3v) is 6.19. The Labute approximate surface area is 195 Å². The van der Waals surface area contributed by atoms with E-state index in [1.807, 2.05) is 21.4 Å². The molecule has 1 aliphatic rings. The van der Waals surface area contributed by atoms with Crippen LogP contribution in [0.2, 0.25) is 0 Å². The summed E-state index contributed by atoms with van der Waals surface area (Å²) in [6.45, 7) is 2.81. The van der Waals surface area contributed by atoms with E-state index in [1.54, 1.807) is 12.1 Å². The standard InChI is InChI=1S/C25H21F6O2P/c1-13-2-7-21(32-12-13)15-5-3-14(4-6-15)16-8-18(26)23(22(34)9-16)25(30,31)33-17-10-19(27)24(29)20(28)11-17/h3-6,8-11,13,21H,2,7,12,34H2,1H3. The molecule has 0 amide bonds. The molecule has 2 nitrogen and oxygen atoms in total. The van der Waals surface area contributed by atoms with Gasteiger partial charge in [0.1, 0.15) is 17.1 Å². The summed E-state index contributed by atoms with van der Waals surface area (Å²) in [5.41, 5.74) is 0.824. The van der Waals surface area contributed by atoms with Crippen molar-refractivity contribution in [2.75, 3.05) is 6.61 Å². The lowest BCUT2D eigenvalue weighted by molar-refractivity contribution is -0.186. The molecule has 180 valence electrons. The Balaban J connectivity index is 1.58. The second-order valence-electron chi connectivity index (χ2n) is 8.37. The van der Waals surface area contributed by atoms with Crippen LogP contribution in [0.5, 0.6) is 5.75 Å². The summed E-state index contributed by atoms with van der Waals surface area (Å²) < 4.78 is 94.3. The summed E-state index contributed by atoms with van der Waals surface area (Å²) in [4.78, 5) is 0. The molecule has 1 fully saturated rings. The fourth-order valence-electron chi connectivity index (χ4n) is 3.93. The van der Waals surface area contributed by atoms with Gasteiger partial charge in [0, 0.05) is 18.7 Å². The van der Waals surface area contributed by atoms with E-state index in [4.69, 9.17) is 4.74 Å². The summed E-state index contributed by atoms with van der Waals surface area (Å²) in [5.74, 6) is -6.98. The molecule has 3 atom stereocenters. The fraction of sp³-hybridized carbons (Fsp3) is 0.280. The molecule has 3 unspecified atom stereocenters. The molecule has 3 aromatic rings. The maximum Gasteiger partial charge on any atom is 0.430 e. The van der Waals surface area contributed by atoms with E-state index in [-0.39, 0.29) is 23.5 Å². The number of hydrogen-bond acceptors (Lipinski definition) is 2. The SMILES string of the molecule is CC1CCC(c2ccc(-c3cc(F)c(C(F)(F)Oc4cc(F)c(F)c(F)c4)c(P)c3)cc2)OC1. The minimum Gasteiger partial charge on any atom is -0.429 e. The number of rotatable bonds is 5. The third kappa shape index (κ3) is 5.08. The summed E-state index contributed by atoms with van der Waals surface area (Å²) in [6, 6.07) is 10.0. The van der Waals surface area contributed by atoms with Gasteiger partial charge in [-0.25, -0.2) is 17.6 Å². The van der Waals surface area contributed by atoms with Crippen molar-refractivity contribution >= 4 is 14.5 Å². The van der Waals surface area contributed by atoms with Gasteiger partial charge in [0.15, 0.2) is 17.5 Å². The summed E-state index contributed by atoms with van der Waals surface area (Å²) >= 11 is 0. The van der Waals surface area contributed by atoms with Crippen LogP contribution in [0.1, 0.15) is 37.0 Å². The molecule has 0 N–H and O–H groups in total. The lowest BCUT2D eigenvalue weighted by Gasteiger charge is -2.27. The second-order valence-corrected chi connectivity index (χ2v) is 8.99. The van der Waals surface area contributed by atoms with Crippen LogP contribution in [0.15, 0.2) is 48.5 Å². The summed E-state index contributed by atoms with van der Waals surface area (Å²) in [6.07, 6.45) is -2.34. The molecule has 4 rings (SSSR count). The van der Waals surface area contributed by atoms with Crippen LogP contribution in [0, 0.1) is 29.2 Å². The van der Waals surface area contributed by atoms with E-state index in [9.17, 15) is 26.3 Å². The zero-order chi connectivity index (χ0) is 24.6. The van der Waals surface area contributed by atoms with Crippen molar-refractivity contribution in [1.29, 1.82) is 0 Å². The lowest BCUT2D eigenvalue weighted by atomic mass is 9.94. The van der Waals surface area contributed by atoms with E-state index in [1.165, 1.54) is 6.07 Å². The first-order valence-electron chi connectivity index (χ1n) is 10.6.